The highest BCUT2D eigenvalue weighted by Gasteiger charge is 2.33. The van der Waals surface area contributed by atoms with Crippen molar-refractivity contribution < 1.29 is 19.1 Å². The van der Waals surface area contributed by atoms with Crippen molar-refractivity contribution >= 4 is 46.3 Å². The van der Waals surface area contributed by atoms with Gasteiger partial charge in [0.1, 0.15) is 16.6 Å². The van der Waals surface area contributed by atoms with E-state index in [0.717, 1.165) is 17.7 Å². The third kappa shape index (κ3) is 5.57. The first kappa shape index (κ1) is 19.5. The predicted octanol–water partition coefficient (Wildman–Crippen LogP) is 3.63. The Morgan fingerprint density at radius 1 is 1.32 bits per heavy atom. The second kappa shape index (κ2) is 9.01. The Bertz CT molecular complexity index is 683. The van der Waals surface area contributed by atoms with Crippen molar-refractivity contribution in [3.8, 4) is 5.75 Å². The fourth-order valence-corrected chi connectivity index (χ4v) is 3.35. The lowest BCUT2D eigenvalue weighted by Crippen LogP contribution is -2.35. The number of benzene rings is 1. The molecule has 2 rings (SSSR count). The van der Waals surface area contributed by atoms with Gasteiger partial charge in [-0.05, 0) is 44.0 Å². The van der Waals surface area contributed by atoms with Crippen molar-refractivity contribution in [2.45, 2.75) is 33.3 Å². The van der Waals surface area contributed by atoms with Gasteiger partial charge in [-0.3, -0.25) is 14.5 Å². The van der Waals surface area contributed by atoms with Crippen LogP contribution in [0.25, 0.3) is 6.08 Å². The van der Waals surface area contributed by atoms with Crippen molar-refractivity contribution in [3.05, 3.63) is 34.7 Å². The first-order valence-corrected chi connectivity index (χ1v) is 9.31. The van der Waals surface area contributed by atoms with E-state index in [1.165, 1.54) is 16.7 Å². The minimum atomic E-state index is -0.468. The average Bonchev–Trinajstić information content (AvgIpc) is 2.81. The molecule has 5 nitrogen and oxygen atoms in total. The lowest BCUT2D eigenvalue weighted by Gasteiger charge is -2.14. The molecular formula is C18H21NO4S2. The Labute approximate surface area is 157 Å². The van der Waals surface area contributed by atoms with Gasteiger partial charge in [0.25, 0.3) is 5.91 Å². The number of amides is 1. The van der Waals surface area contributed by atoms with Gasteiger partial charge in [0.2, 0.25) is 0 Å². The number of ether oxygens (including phenoxy) is 2. The summed E-state index contributed by atoms with van der Waals surface area (Å²) in [6.45, 7) is 6.08. The van der Waals surface area contributed by atoms with Crippen LogP contribution >= 0.6 is 24.0 Å². The summed E-state index contributed by atoms with van der Waals surface area (Å²) in [7, 11) is 0. The van der Waals surface area contributed by atoms with Crippen molar-refractivity contribution in [2.24, 2.45) is 0 Å². The number of nitrogens with zero attached hydrogens (tertiary/aromatic N) is 1. The van der Waals surface area contributed by atoms with Gasteiger partial charge in [-0.25, -0.2) is 0 Å². The third-order valence-electron chi connectivity index (χ3n) is 3.18. The van der Waals surface area contributed by atoms with Crippen LogP contribution in [0.1, 0.15) is 32.8 Å². The Hall–Kier alpha value is -1.86. The van der Waals surface area contributed by atoms with E-state index in [0.29, 0.717) is 15.8 Å². The normalized spacial score (nSPS) is 16.0. The number of hydrogen-bond donors (Lipinski definition) is 0. The molecule has 1 aliphatic heterocycles. The zero-order valence-corrected chi connectivity index (χ0v) is 16.1. The van der Waals surface area contributed by atoms with E-state index >= 15 is 0 Å². The van der Waals surface area contributed by atoms with E-state index in [1.54, 1.807) is 19.9 Å². The lowest BCUT2D eigenvalue weighted by molar-refractivity contribution is -0.149. The third-order valence-corrected chi connectivity index (χ3v) is 4.56. The monoisotopic (exact) mass is 379 g/mol. The fraction of sp³-hybridized carbons (Fsp3) is 0.389. The summed E-state index contributed by atoms with van der Waals surface area (Å²) in [4.78, 5) is 26.0. The van der Waals surface area contributed by atoms with E-state index < -0.39 is 5.97 Å². The maximum absolute atomic E-state index is 12.5. The topological polar surface area (TPSA) is 55.8 Å². The molecule has 0 unspecified atom stereocenters. The molecule has 0 bridgehead atoms. The zero-order valence-electron chi connectivity index (χ0n) is 14.5. The molecule has 1 fully saturated rings. The van der Waals surface area contributed by atoms with Crippen LogP contribution < -0.4 is 4.74 Å². The molecule has 1 amide bonds. The van der Waals surface area contributed by atoms with Crippen molar-refractivity contribution in [3.63, 3.8) is 0 Å². The second-order valence-corrected chi connectivity index (χ2v) is 7.40. The maximum atomic E-state index is 12.5. The summed E-state index contributed by atoms with van der Waals surface area (Å²) in [6.07, 6.45) is 2.48. The second-order valence-electron chi connectivity index (χ2n) is 5.72. The van der Waals surface area contributed by atoms with Crippen LogP contribution in [0.3, 0.4) is 0 Å². The van der Waals surface area contributed by atoms with E-state index in [2.05, 4.69) is 0 Å². The quantitative estimate of drug-likeness (QED) is 0.410. The summed E-state index contributed by atoms with van der Waals surface area (Å²) < 4.78 is 11.0. The average molecular weight is 380 g/mol. The summed E-state index contributed by atoms with van der Waals surface area (Å²) in [5.74, 6) is 0.0509. The van der Waals surface area contributed by atoms with Gasteiger partial charge >= 0.3 is 5.97 Å². The molecule has 0 atom stereocenters. The van der Waals surface area contributed by atoms with Gasteiger partial charge < -0.3 is 9.47 Å². The molecule has 0 aliphatic carbocycles. The number of thioether (sulfide) groups is 1. The van der Waals surface area contributed by atoms with Crippen LogP contribution in [0.15, 0.2) is 29.2 Å². The first-order valence-electron chi connectivity index (χ1n) is 8.08. The molecule has 1 saturated heterocycles. The first-order chi connectivity index (χ1) is 11.9. The highest BCUT2D eigenvalue weighted by Crippen LogP contribution is 2.32. The summed E-state index contributed by atoms with van der Waals surface area (Å²) in [5, 5.41) is 0. The van der Waals surface area contributed by atoms with Crippen LogP contribution in [-0.4, -0.2) is 40.4 Å². The molecule has 0 spiro atoms. The number of thiocarbonyl (C=S) groups is 1. The van der Waals surface area contributed by atoms with Crippen LogP contribution in [0.4, 0.5) is 0 Å². The molecule has 1 heterocycles. The SMILES string of the molecule is CCCOc1ccc(/C=C2/SC(=S)N(CC(=O)OC(C)C)C2=O)cc1. The molecule has 0 saturated carbocycles. The minimum Gasteiger partial charge on any atom is -0.494 e. The molecule has 0 N–H and O–H groups in total. The standard InChI is InChI=1S/C18H21NO4S2/c1-4-9-22-14-7-5-13(6-8-14)10-15-17(21)19(18(24)25-15)11-16(20)23-12(2)3/h5-8,10,12H,4,9,11H2,1-3H3/b15-10+. The van der Waals surface area contributed by atoms with E-state index in [4.69, 9.17) is 21.7 Å². The minimum absolute atomic E-state index is 0.163. The van der Waals surface area contributed by atoms with Crippen molar-refractivity contribution in [2.75, 3.05) is 13.2 Å². The molecule has 7 heteroatoms. The largest absolute Gasteiger partial charge is 0.494 e. The summed E-state index contributed by atoms with van der Waals surface area (Å²) in [6, 6.07) is 7.49. The Morgan fingerprint density at radius 3 is 2.60 bits per heavy atom. The van der Waals surface area contributed by atoms with E-state index in [9.17, 15) is 9.59 Å². The fourth-order valence-electron chi connectivity index (χ4n) is 2.10. The number of carbonyl (C=O) groups is 2. The van der Waals surface area contributed by atoms with E-state index in [1.807, 2.05) is 31.2 Å². The van der Waals surface area contributed by atoms with Gasteiger partial charge in [-0.1, -0.05) is 43.0 Å². The van der Waals surface area contributed by atoms with Gasteiger partial charge in [0.05, 0.1) is 17.6 Å². The predicted molar refractivity (Wildman–Crippen MR) is 103 cm³/mol. The van der Waals surface area contributed by atoms with Gasteiger partial charge in [0.15, 0.2) is 0 Å². The summed E-state index contributed by atoms with van der Waals surface area (Å²) in [5.41, 5.74) is 0.870. The van der Waals surface area contributed by atoms with E-state index in [-0.39, 0.29) is 18.6 Å². The molecule has 1 aliphatic rings. The number of hydrogen-bond acceptors (Lipinski definition) is 6. The Kier molecular flexibility index (Phi) is 7.01. The highest BCUT2D eigenvalue weighted by molar-refractivity contribution is 8.26. The smallest absolute Gasteiger partial charge is 0.326 e. The molecule has 0 aromatic heterocycles. The molecule has 134 valence electrons. The van der Waals surface area contributed by atoms with Crippen molar-refractivity contribution in [1.82, 2.24) is 4.90 Å². The van der Waals surface area contributed by atoms with Gasteiger partial charge in [-0.15, -0.1) is 0 Å². The Balaban J connectivity index is 2.05. The molecule has 1 aromatic rings. The van der Waals surface area contributed by atoms with Crippen LogP contribution in [0.5, 0.6) is 5.75 Å². The molecule has 0 radical (unpaired) electrons. The number of rotatable bonds is 7. The maximum Gasteiger partial charge on any atom is 0.326 e. The van der Waals surface area contributed by atoms with Gasteiger partial charge in [-0.2, -0.15) is 0 Å². The van der Waals surface area contributed by atoms with Crippen LogP contribution in [0, 0.1) is 0 Å². The molecule has 1 aromatic carbocycles. The summed E-state index contributed by atoms with van der Waals surface area (Å²) >= 11 is 6.40. The zero-order chi connectivity index (χ0) is 18.4. The lowest BCUT2D eigenvalue weighted by atomic mass is 10.2. The number of carbonyl (C=O) groups excluding carboxylic acids is 2. The molecular weight excluding hydrogens is 358 g/mol. The van der Waals surface area contributed by atoms with Crippen molar-refractivity contribution in [1.29, 1.82) is 0 Å². The van der Waals surface area contributed by atoms with Gasteiger partial charge in [0, 0.05) is 0 Å². The number of esters is 1. The van der Waals surface area contributed by atoms with Crippen LogP contribution in [-0.2, 0) is 14.3 Å². The van der Waals surface area contributed by atoms with Crippen LogP contribution in [0.2, 0.25) is 0 Å². The Morgan fingerprint density at radius 2 is 2.00 bits per heavy atom. The molecule has 25 heavy (non-hydrogen) atoms. The highest BCUT2D eigenvalue weighted by atomic mass is 32.2.